The van der Waals surface area contributed by atoms with Crippen LogP contribution in [0.25, 0.3) is 0 Å². The maximum Gasteiger partial charge on any atom is 0.258 e. The maximum absolute atomic E-state index is 13.2. The molecular weight excluding hydrogens is 320 g/mol. The van der Waals surface area contributed by atoms with Crippen molar-refractivity contribution < 1.29 is 4.79 Å². The number of hydrogen-bond donors (Lipinski definition) is 0. The second kappa shape index (κ2) is 5.91. The number of hydrogen-bond acceptors (Lipinski definition) is 2. The van der Waals surface area contributed by atoms with Crippen molar-refractivity contribution in [2.45, 2.75) is 25.3 Å². The van der Waals surface area contributed by atoms with E-state index in [-0.39, 0.29) is 11.9 Å². The SMILES string of the molecule is Cc1ccc2c(c1)[C@@H]1CN(C)CC[C@H]1N2C(=O)c1ccc(Cl)cc1. The van der Waals surface area contributed by atoms with E-state index >= 15 is 0 Å². The Morgan fingerprint density at radius 2 is 1.92 bits per heavy atom. The standard InChI is InChI=1S/C20H21ClN2O/c1-13-3-8-18-16(11-13)17-12-22(2)10-9-19(17)23(18)20(24)14-4-6-15(21)7-5-14/h3-8,11,17,19H,9-10,12H2,1-2H3/t17-,19+/m0/s1. The number of likely N-dealkylation sites (N-methyl/N-ethyl adjacent to an activating group) is 1. The molecule has 24 heavy (non-hydrogen) atoms. The first kappa shape index (κ1) is 15.7. The quantitative estimate of drug-likeness (QED) is 0.780. The second-order valence-electron chi connectivity index (χ2n) is 6.97. The van der Waals surface area contributed by atoms with Gasteiger partial charge in [-0.15, -0.1) is 0 Å². The van der Waals surface area contributed by atoms with Crippen LogP contribution < -0.4 is 4.90 Å². The molecule has 0 N–H and O–H groups in total. The largest absolute Gasteiger partial charge is 0.306 e. The lowest BCUT2D eigenvalue weighted by Crippen LogP contribution is -2.47. The number of nitrogens with zero attached hydrogens (tertiary/aromatic N) is 2. The Hall–Kier alpha value is -1.84. The van der Waals surface area contributed by atoms with E-state index in [0.29, 0.717) is 16.5 Å². The van der Waals surface area contributed by atoms with Gasteiger partial charge in [0.25, 0.3) is 5.91 Å². The summed E-state index contributed by atoms with van der Waals surface area (Å²) in [6, 6.07) is 13.9. The van der Waals surface area contributed by atoms with Gasteiger partial charge in [0.2, 0.25) is 0 Å². The van der Waals surface area contributed by atoms with Crippen LogP contribution in [0.1, 0.15) is 33.8 Å². The highest BCUT2D eigenvalue weighted by Gasteiger charge is 2.43. The molecule has 4 rings (SSSR count). The molecule has 2 aromatic carbocycles. The number of rotatable bonds is 1. The smallest absolute Gasteiger partial charge is 0.258 e. The first-order valence-electron chi connectivity index (χ1n) is 8.43. The molecule has 0 saturated carbocycles. The lowest BCUT2D eigenvalue weighted by molar-refractivity contribution is 0.0964. The molecule has 124 valence electrons. The van der Waals surface area contributed by atoms with Crippen molar-refractivity contribution in [1.29, 1.82) is 0 Å². The van der Waals surface area contributed by atoms with E-state index in [1.54, 1.807) is 12.1 Å². The van der Waals surface area contributed by atoms with Gasteiger partial charge in [-0.3, -0.25) is 4.79 Å². The number of anilines is 1. The fourth-order valence-corrected chi connectivity index (χ4v) is 4.20. The lowest BCUT2D eigenvalue weighted by Gasteiger charge is -2.36. The summed E-state index contributed by atoms with van der Waals surface area (Å²) in [6.07, 6.45) is 1.01. The molecule has 0 radical (unpaired) electrons. The average Bonchev–Trinajstić information content (AvgIpc) is 2.88. The topological polar surface area (TPSA) is 23.6 Å². The van der Waals surface area contributed by atoms with Crippen LogP contribution in [-0.4, -0.2) is 37.0 Å². The van der Waals surface area contributed by atoms with Gasteiger partial charge >= 0.3 is 0 Å². The Balaban J connectivity index is 1.77. The molecule has 0 bridgehead atoms. The lowest BCUT2D eigenvalue weighted by atomic mass is 9.88. The van der Waals surface area contributed by atoms with E-state index in [1.807, 2.05) is 17.0 Å². The van der Waals surface area contributed by atoms with E-state index in [0.717, 1.165) is 25.2 Å². The predicted octanol–water partition coefficient (Wildman–Crippen LogP) is 4.10. The zero-order valence-corrected chi connectivity index (χ0v) is 14.8. The van der Waals surface area contributed by atoms with Crippen LogP contribution in [0.2, 0.25) is 5.02 Å². The van der Waals surface area contributed by atoms with Crippen molar-refractivity contribution >= 4 is 23.2 Å². The molecule has 2 aromatic rings. The Morgan fingerprint density at radius 3 is 2.67 bits per heavy atom. The second-order valence-corrected chi connectivity index (χ2v) is 7.41. The molecule has 0 aromatic heterocycles. The van der Waals surface area contributed by atoms with Crippen LogP contribution in [0.3, 0.4) is 0 Å². The zero-order chi connectivity index (χ0) is 16.8. The van der Waals surface area contributed by atoms with Gasteiger partial charge in [-0.1, -0.05) is 29.3 Å². The van der Waals surface area contributed by atoms with Crippen molar-refractivity contribution in [1.82, 2.24) is 4.90 Å². The summed E-state index contributed by atoms with van der Waals surface area (Å²) >= 11 is 5.97. The fourth-order valence-electron chi connectivity index (χ4n) is 4.08. The molecule has 2 aliphatic heterocycles. The molecular formula is C20H21ClN2O. The molecule has 0 spiro atoms. The van der Waals surface area contributed by atoms with Gasteiger partial charge in [0.15, 0.2) is 0 Å². The summed E-state index contributed by atoms with van der Waals surface area (Å²) in [5.41, 5.74) is 4.34. The number of likely N-dealkylation sites (tertiary alicyclic amines) is 1. The Morgan fingerprint density at radius 1 is 1.17 bits per heavy atom. The van der Waals surface area contributed by atoms with Crippen LogP contribution in [0, 0.1) is 6.92 Å². The summed E-state index contributed by atoms with van der Waals surface area (Å²) < 4.78 is 0. The summed E-state index contributed by atoms with van der Waals surface area (Å²) in [5.74, 6) is 0.476. The molecule has 2 aliphatic rings. The van der Waals surface area contributed by atoms with Crippen LogP contribution in [0.15, 0.2) is 42.5 Å². The molecule has 0 aliphatic carbocycles. The van der Waals surface area contributed by atoms with Crippen molar-refractivity contribution in [2.24, 2.45) is 0 Å². The number of halogens is 1. The number of piperidine rings is 1. The number of aryl methyl sites for hydroxylation is 1. The van der Waals surface area contributed by atoms with Crippen molar-refractivity contribution in [3.63, 3.8) is 0 Å². The minimum atomic E-state index is 0.0776. The molecule has 1 saturated heterocycles. The van der Waals surface area contributed by atoms with Gasteiger partial charge < -0.3 is 9.80 Å². The van der Waals surface area contributed by atoms with Crippen LogP contribution in [0.5, 0.6) is 0 Å². The van der Waals surface area contributed by atoms with Crippen LogP contribution in [-0.2, 0) is 0 Å². The summed E-state index contributed by atoms with van der Waals surface area (Å²) in [5, 5.41) is 0.654. The molecule has 2 heterocycles. The monoisotopic (exact) mass is 340 g/mol. The van der Waals surface area contributed by atoms with Gasteiger partial charge in [-0.25, -0.2) is 0 Å². The van der Waals surface area contributed by atoms with Gasteiger partial charge in [0.1, 0.15) is 0 Å². The van der Waals surface area contributed by atoms with Crippen LogP contribution >= 0.6 is 11.6 Å². The van der Waals surface area contributed by atoms with Gasteiger partial charge in [-0.05, 0) is 62.8 Å². The number of carbonyl (C=O) groups excluding carboxylic acids is 1. The Bertz CT molecular complexity index is 787. The normalized spacial score (nSPS) is 23.0. The van der Waals surface area contributed by atoms with E-state index < -0.39 is 0 Å². The first-order chi connectivity index (χ1) is 11.5. The summed E-state index contributed by atoms with van der Waals surface area (Å²) in [7, 11) is 2.16. The highest BCUT2D eigenvalue weighted by Crippen LogP contribution is 2.45. The third-order valence-corrected chi connectivity index (χ3v) is 5.52. The van der Waals surface area contributed by atoms with E-state index in [2.05, 4.69) is 37.1 Å². The molecule has 0 unspecified atom stereocenters. The first-order valence-corrected chi connectivity index (χ1v) is 8.80. The minimum absolute atomic E-state index is 0.0776. The van der Waals surface area contributed by atoms with Gasteiger partial charge in [0, 0.05) is 34.8 Å². The summed E-state index contributed by atoms with van der Waals surface area (Å²) in [6.45, 7) is 4.15. The number of carbonyl (C=O) groups is 1. The summed E-state index contributed by atoms with van der Waals surface area (Å²) in [4.78, 5) is 17.6. The van der Waals surface area contributed by atoms with Gasteiger partial charge in [0.05, 0.1) is 0 Å². The number of fused-ring (bicyclic) bond motifs is 3. The molecule has 4 heteroatoms. The number of amides is 1. The highest BCUT2D eigenvalue weighted by atomic mass is 35.5. The maximum atomic E-state index is 13.2. The Kier molecular flexibility index (Phi) is 3.86. The predicted molar refractivity (Wildman–Crippen MR) is 98.1 cm³/mol. The third-order valence-electron chi connectivity index (χ3n) is 5.26. The number of benzene rings is 2. The van der Waals surface area contributed by atoms with E-state index in [4.69, 9.17) is 11.6 Å². The van der Waals surface area contributed by atoms with Crippen molar-refractivity contribution in [2.75, 3.05) is 25.0 Å². The minimum Gasteiger partial charge on any atom is -0.306 e. The van der Waals surface area contributed by atoms with E-state index in [1.165, 1.54) is 11.1 Å². The molecule has 1 amide bonds. The zero-order valence-electron chi connectivity index (χ0n) is 14.0. The third kappa shape index (κ3) is 2.52. The Labute approximate surface area is 147 Å². The van der Waals surface area contributed by atoms with Crippen molar-refractivity contribution in [3.05, 3.63) is 64.2 Å². The highest BCUT2D eigenvalue weighted by molar-refractivity contribution is 6.30. The molecule has 2 atom stereocenters. The fraction of sp³-hybridized carbons (Fsp3) is 0.350. The molecule has 1 fully saturated rings. The molecule has 3 nitrogen and oxygen atoms in total. The average molecular weight is 341 g/mol. The van der Waals surface area contributed by atoms with Crippen molar-refractivity contribution in [3.8, 4) is 0 Å². The van der Waals surface area contributed by atoms with Gasteiger partial charge in [-0.2, -0.15) is 0 Å². The van der Waals surface area contributed by atoms with E-state index in [9.17, 15) is 4.79 Å². The van der Waals surface area contributed by atoms with Crippen LogP contribution in [0.4, 0.5) is 5.69 Å².